The highest BCUT2D eigenvalue weighted by Crippen LogP contribution is 2.15. The predicted molar refractivity (Wildman–Crippen MR) is 86.9 cm³/mol. The van der Waals surface area contributed by atoms with Crippen molar-refractivity contribution < 1.29 is 9.53 Å². The average molecular weight is 328 g/mol. The van der Waals surface area contributed by atoms with E-state index in [2.05, 4.69) is 20.7 Å². The number of aromatic nitrogens is 5. The van der Waals surface area contributed by atoms with Gasteiger partial charge >= 0.3 is 0 Å². The number of ether oxygens (including phenoxy) is 1. The highest BCUT2D eigenvalue weighted by molar-refractivity contribution is 5.90. The third-order valence-corrected chi connectivity index (χ3v) is 3.66. The van der Waals surface area contributed by atoms with E-state index in [-0.39, 0.29) is 18.0 Å². The number of rotatable bonds is 4. The molecule has 2 aromatic heterocycles. The smallest absolute Gasteiger partial charge is 0.298 e. The first-order valence-corrected chi connectivity index (χ1v) is 7.20. The van der Waals surface area contributed by atoms with E-state index >= 15 is 0 Å². The van der Waals surface area contributed by atoms with Crippen LogP contribution in [0.25, 0.3) is 11.0 Å². The lowest BCUT2D eigenvalue weighted by Crippen LogP contribution is -2.30. The summed E-state index contributed by atoms with van der Waals surface area (Å²) in [5.41, 5.74) is 1.52. The molecule has 2 heterocycles. The van der Waals surface area contributed by atoms with E-state index in [1.54, 1.807) is 50.0 Å². The van der Waals surface area contributed by atoms with Crippen LogP contribution in [0.2, 0.25) is 0 Å². The lowest BCUT2D eigenvalue weighted by molar-refractivity contribution is -0.117. The molecule has 0 radical (unpaired) electrons. The Bertz CT molecular complexity index is 958. The number of methoxy groups -OCH3 is 1. The third kappa shape index (κ3) is 2.83. The first-order chi connectivity index (χ1) is 11.5. The van der Waals surface area contributed by atoms with Gasteiger partial charge < -0.3 is 10.1 Å². The summed E-state index contributed by atoms with van der Waals surface area (Å²) < 4.78 is 7.60. The second-order valence-electron chi connectivity index (χ2n) is 5.24. The van der Waals surface area contributed by atoms with Crippen LogP contribution in [-0.4, -0.2) is 37.8 Å². The Kier molecular flexibility index (Phi) is 3.98. The maximum absolute atomic E-state index is 12.4. The van der Waals surface area contributed by atoms with Gasteiger partial charge in [-0.15, -0.1) is 5.10 Å². The Morgan fingerprint density at radius 1 is 1.25 bits per heavy atom. The molecule has 3 rings (SSSR count). The summed E-state index contributed by atoms with van der Waals surface area (Å²) in [6.45, 7) is 1.55. The van der Waals surface area contributed by atoms with E-state index in [0.29, 0.717) is 17.0 Å². The Morgan fingerprint density at radius 3 is 2.62 bits per heavy atom. The van der Waals surface area contributed by atoms with Gasteiger partial charge in [0.2, 0.25) is 5.91 Å². The van der Waals surface area contributed by atoms with Crippen molar-refractivity contribution in [3.8, 4) is 5.75 Å². The van der Waals surface area contributed by atoms with Crippen LogP contribution < -0.4 is 15.6 Å². The molecule has 0 saturated heterocycles. The standard InChI is InChI=1S/C15H16N6O3/c1-9-13-14(18-20(9)2)15(23)21(19-17-13)8-12(22)16-10-4-6-11(24-3)7-5-10/h4-7H,8H2,1-3H3,(H,16,22). The van der Waals surface area contributed by atoms with Gasteiger partial charge in [-0.3, -0.25) is 14.3 Å². The fraction of sp³-hybridized carbons (Fsp3) is 0.267. The summed E-state index contributed by atoms with van der Waals surface area (Å²) in [5, 5.41) is 14.6. The van der Waals surface area contributed by atoms with Gasteiger partial charge in [-0.1, -0.05) is 5.21 Å². The molecule has 124 valence electrons. The van der Waals surface area contributed by atoms with Gasteiger partial charge in [0.1, 0.15) is 17.8 Å². The number of nitrogens with zero attached hydrogens (tertiary/aromatic N) is 5. The molecule has 0 aliphatic heterocycles. The Labute approximate surface area is 136 Å². The number of hydrogen-bond donors (Lipinski definition) is 1. The lowest BCUT2D eigenvalue weighted by Gasteiger charge is -2.06. The summed E-state index contributed by atoms with van der Waals surface area (Å²) >= 11 is 0. The highest BCUT2D eigenvalue weighted by atomic mass is 16.5. The maximum Gasteiger partial charge on any atom is 0.298 e. The van der Waals surface area contributed by atoms with Crippen molar-refractivity contribution in [1.29, 1.82) is 0 Å². The number of aryl methyl sites for hydroxylation is 2. The summed E-state index contributed by atoms with van der Waals surface area (Å²) in [7, 11) is 3.28. The molecule has 3 aromatic rings. The lowest BCUT2D eigenvalue weighted by atomic mass is 10.3. The predicted octanol–water partition coefficient (Wildman–Crippen LogP) is 0.481. The number of benzene rings is 1. The SMILES string of the molecule is COc1ccc(NC(=O)Cn2nnc3c(C)n(C)nc3c2=O)cc1. The van der Waals surface area contributed by atoms with Crippen LogP contribution in [-0.2, 0) is 18.4 Å². The first kappa shape index (κ1) is 15.7. The van der Waals surface area contributed by atoms with Crippen LogP contribution in [0.3, 0.4) is 0 Å². The van der Waals surface area contributed by atoms with Crippen LogP contribution in [0, 0.1) is 6.92 Å². The number of hydrogen-bond acceptors (Lipinski definition) is 6. The monoisotopic (exact) mass is 328 g/mol. The van der Waals surface area contributed by atoms with E-state index < -0.39 is 5.56 Å². The molecule has 0 bridgehead atoms. The minimum Gasteiger partial charge on any atom is -0.497 e. The van der Waals surface area contributed by atoms with E-state index in [0.717, 1.165) is 10.4 Å². The molecule has 24 heavy (non-hydrogen) atoms. The number of carbonyl (C=O) groups excluding carboxylic acids is 1. The van der Waals surface area contributed by atoms with Crippen LogP contribution in [0.5, 0.6) is 5.75 Å². The van der Waals surface area contributed by atoms with Gasteiger partial charge in [0.05, 0.1) is 12.8 Å². The molecule has 0 unspecified atom stereocenters. The van der Waals surface area contributed by atoms with E-state index in [1.807, 2.05) is 0 Å². The van der Waals surface area contributed by atoms with Crippen molar-refractivity contribution in [1.82, 2.24) is 24.8 Å². The maximum atomic E-state index is 12.4. The number of anilines is 1. The molecule has 0 aliphatic rings. The Balaban J connectivity index is 1.80. The van der Waals surface area contributed by atoms with E-state index in [1.165, 1.54) is 0 Å². The van der Waals surface area contributed by atoms with Gasteiger partial charge in [-0.05, 0) is 31.2 Å². The van der Waals surface area contributed by atoms with Gasteiger partial charge in [0, 0.05) is 12.7 Å². The largest absolute Gasteiger partial charge is 0.497 e. The molecule has 1 amide bonds. The first-order valence-electron chi connectivity index (χ1n) is 7.20. The quantitative estimate of drug-likeness (QED) is 0.747. The van der Waals surface area contributed by atoms with Gasteiger partial charge in [0.25, 0.3) is 5.56 Å². The van der Waals surface area contributed by atoms with Gasteiger partial charge in [0.15, 0.2) is 5.52 Å². The summed E-state index contributed by atoms with van der Waals surface area (Å²) in [6, 6.07) is 6.86. The number of carbonyl (C=O) groups is 1. The highest BCUT2D eigenvalue weighted by Gasteiger charge is 2.15. The molecule has 0 atom stereocenters. The van der Waals surface area contributed by atoms with Gasteiger partial charge in [-0.2, -0.15) is 9.78 Å². The normalized spacial score (nSPS) is 10.8. The second kappa shape index (κ2) is 6.11. The fourth-order valence-corrected chi connectivity index (χ4v) is 2.24. The molecule has 9 nitrogen and oxygen atoms in total. The Morgan fingerprint density at radius 2 is 1.96 bits per heavy atom. The zero-order valence-electron chi connectivity index (χ0n) is 13.5. The molecule has 9 heteroatoms. The number of nitrogens with one attached hydrogen (secondary N) is 1. The average Bonchev–Trinajstić information content (AvgIpc) is 2.87. The summed E-state index contributed by atoms with van der Waals surface area (Å²) in [4.78, 5) is 24.5. The van der Waals surface area contributed by atoms with Crippen LogP contribution in [0.1, 0.15) is 5.69 Å². The van der Waals surface area contributed by atoms with E-state index in [9.17, 15) is 9.59 Å². The minimum absolute atomic E-state index is 0.197. The fourth-order valence-electron chi connectivity index (χ4n) is 2.24. The Hall–Kier alpha value is -3.23. The molecule has 1 N–H and O–H groups in total. The molecule has 0 aliphatic carbocycles. The summed E-state index contributed by atoms with van der Waals surface area (Å²) in [6.07, 6.45) is 0. The van der Waals surface area contributed by atoms with Crippen molar-refractivity contribution in [2.75, 3.05) is 12.4 Å². The van der Waals surface area contributed by atoms with Crippen LogP contribution in [0.15, 0.2) is 29.1 Å². The third-order valence-electron chi connectivity index (χ3n) is 3.66. The second-order valence-corrected chi connectivity index (χ2v) is 5.24. The molecule has 0 spiro atoms. The van der Waals surface area contributed by atoms with Gasteiger partial charge in [-0.25, -0.2) is 0 Å². The van der Waals surface area contributed by atoms with Crippen LogP contribution >= 0.6 is 0 Å². The zero-order valence-corrected chi connectivity index (χ0v) is 13.5. The minimum atomic E-state index is -0.450. The van der Waals surface area contributed by atoms with Crippen molar-refractivity contribution >= 4 is 22.6 Å². The van der Waals surface area contributed by atoms with Crippen molar-refractivity contribution in [3.05, 3.63) is 40.3 Å². The zero-order chi connectivity index (χ0) is 17.3. The summed E-state index contributed by atoms with van der Waals surface area (Å²) in [5.74, 6) is 0.301. The number of amides is 1. The van der Waals surface area contributed by atoms with Crippen molar-refractivity contribution in [2.24, 2.45) is 7.05 Å². The molecule has 1 aromatic carbocycles. The van der Waals surface area contributed by atoms with Crippen molar-refractivity contribution in [2.45, 2.75) is 13.5 Å². The van der Waals surface area contributed by atoms with Crippen molar-refractivity contribution in [3.63, 3.8) is 0 Å². The topological polar surface area (TPSA) is 104 Å². The van der Waals surface area contributed by atoms with E-state index in [4.69, 9.17) is 4.74 Å². The molecular weight excluding hydrogens is 312 g/mol. The number of fused-ring (bicyclic) bond motifs is 1. The molecule has 0 fully saturated rings. The molecule has 0 saturated carbocycles. The molecular formula is C15H16N6O3. The van der Waals surface area contributed by atoms with Crippen LogP contribution in [0.4, 0.5) is 5.69 Å².